The summed E-state index contributed by atoms with van der Waals surface area (Å²) in [5.41, 5.74) is 9.37. The van der Waals surface area contributed by atoms with Gasteiger partial charge in [0.15, 0.2) is 0 Å². The number of carbonyl (C=O) groups excluding carboxylic acids is 2. The molecule has 0 spiro atoms. The lowest BCUT2D eigenvalue weighted by atomic mass is 10.00. The van der Waals surface area contributed by atoms with Crippen molar-refractivity contribution in [3.8, 4) is 0 Å². The number of rotatable bonds is 7. The number of nitrogen functional groups attached to an aromatic ring is 1. The Morgan fingerprint density at radius 1 is 1.13 bits per heavy atom. The molecule has 1 saturated carbocycles. The summed E-state index contributed by atoms with van der Waals surface area (Å²) in [5.74, 6) is 0.00481. The highest BCUT2D eigenvalue weighted by molar-refractivity contribution is 5.96. The van der Waals surface area contributed by atoms with E-state index < -0.39 is 6.04 Å². The molecule has 1 unspecified atom stereocenters. The lowest BCUT2D eigenvalue weighted by Crippen LogP contribution is -2.47. The normalized spacial score (nSPS) is 15.8. The molecule has 8 heteroatoms. The number of nitrogens with zero attached hydrogens (tertiary/aromatic N) is 1. The van der Waals surface area contributed by atoms with Gasteiger partial charge in [-0.15, -0.1) is 12.4 Å². The summed E-state index contributed by atoms with van der Waals surface area (Å²) in [6, 6.07) is 14.9. The van der Waals surface area contributed by atoms with Gasteiger partial charge in [0, 0.05) is 24.3 Å². The number of fused-ring (bicyclic) bond motifs is 1. The number of benzene rings is 2. The summed E-state index contributed by atoms with van der Waals surface area (Å²) < 4.78 is 0. The zero-order valence-electron chi connectivity index (χ0n) is 17.3. The minimum absolute atomic E-state index is 0. The molecule has 31 heavy (non-hydrogen) atoms. The molecule has 2 aliphatic rings. The zero-order valence-corrected chi connectivity index (χ0v) is 18.1. The Hall–Kier alpha value is -3.06. The number of amidine groups is 1. The Labute approximate surface area is 188 Å². The molecule has 1 aliphatic carbocycles. The number of anilines is 1. The molecule has 0 bridgehead atoms. The van der Waals surface area contributed by atoms with Crippen LogP contribution in [0.5, 0.6) is 0 Å². The molecule has 7 nitrogen and oxygen atoms in total. The van der Waals surface area contributed by atoms with Gasteiger partial charge in [0.1, 0.15) is 11.9 Å². The molecule has 1 atom stereocenters. The van der Waals surface area contributed by atoms with Crippen molar-refractivity contribution < 1.29 is 9.59 Å². The SMILES string of the molecule is Cl.N=C(N)c1cccc(NC(C(=O)NCC(=O)N2CCc3ccccc3C2)C2CC2)c1. The molecule has 1 fully saturated rings. The molecule has 5 N–H and O–H groups in total. The van der Waals surface area contributed by atoms with E-state index in [1.165, 1.54) is 11.1 Å². The van der Waals surface area contributed by atoms with Gasteiger partial charge < -0.3 is 21.3 Å². The molecule has 2 amide bonds. The van der Waals surface area contributed by atoms with Crippen LogP contribution in [0.4, 0.5) is 5.69 Å². The Morgan fingerprint density at radius 2 is 1.87 bits per heavy atom. The van der Waals surface area contributed by atoms with Crippen LogP contribution in [0, 0.1) is 11.3 Å². The summed E-state index contributed by atoms with van der Waals surface area (Å²) in [5, 5.41) is 13.7. The van der Waals surface area contributed by atoms with E-state index in [-0.39, 0.29) is 42.5 Å². The fourth-order valence-electron chi connectivity index (χ4n) is 3.88. The molecular formula is C23H28ClN5O2. The maximum Gasteiger partial charge on any atom is 0.243 e. The number of nitrogens with two attached hydrogens (primary N) is 1. The van der Waals surface area contributed by atoms with Crippen molar-refractivity contribution in [2.45, 2.75) is 31.8 Å². The number of amides is 2. The van der Waals surface area contributed by atoms with E-state index in [1.807, 2.05) is 18.2 Å². The minimum Gasteiger partial charge on any atom is -0.384 e. The molecule has 2 aromatic rings. The van der Waals surface area contributed by atoms with Gasteiger partial charge in [0.25, 0.3) is 0 Å². The van der Waals surface area contributed by atoms with E-state index in [0.717, 1.165) is 24.9 Å². The number of carbonyl (C=O) groups is 2. The Bertz CT molecular complexity index is 976. The second-order valence-electron chi connectivity index (χ2n) is 8.01. The van der Waals surface area contributed by atoms with Crippen molar-refractivity contribution in [1.29, 1.82) is 5.41 Å². The first-order chi connectivity index (χ1) is 14.5. The highest BCUT2D eigenvalue weighted by atomic mass is 35.5. The van der Waals surface area contributed by atoms with Gasteiger partial charge in [-0.25, -0.2) is 0 Å². The summed E-state index contributed by atoms with van der Waals surface area (Å²) in [6.45, 7) is 1.26. The maximum absolute atomic E-state index is 12.8. The van der Waals surface area contributed by atoms with E-state index in [1.54, 1.807) is 23.1 Å². The van der Waals surface area contributed by atoms with Gasteiger partial charge in [0.05, 0.1) is 6.54 Å². The second-order valence-corrected chi connectivity index (χ2v) is 8.01. The van der Waals surface area contributed by atoms with Gasteiger partial charge in [-0.2, -0.15) is 0 Å². The monoisotopic (exact) mass is 441 g/mol. The van der Waals surface area contributed by atoms with E-state index in [9.17, 15) is 9.59 Å². The van der Waals surface area contributed by atoms with Gasteiger partial charge >= 0.3 is 0 Å². The maximum atomic E-state index is 12.8. The Balaban J connectivity index is 0.00000272. The minimum atomic E-state index is -0.401. The van der Waals surface area contributed by atoms with E-state index in [2.05, 4.69) is 22.8 Å². The standard InChI is InChI=1S/C23H27N5O2.ClH/c24-22(25)17-6-3-7-19(12-17)27-21(16-8-9-16)23(30)26-13-20(29)28-11-10-15-4-1-2-5-18(15)14-28;/h1-7,12,16,21,27H,8-11,13-14H2,(H3,24,25)(H,26,30);1H. The molecule has 0 radical (unpaired) electrons. The first-order valence-corrected chi connectivity index (χ1v) is 10.3. The van der Waals surface area contributed by atoms with Crippen molar-refractivity contribution >= 4 is 35.7 Å². The van der Waals surface area contributed by atoms with E-state index in [4.69, 9.17) is 11.1 Å². The van der Waals surface area contributed by atoms with E-state index in [0.29, 0.717) is 18.7 Å². The first-order valence-electron chi connectivity index (χ1n) is 10.3. The first kappa shape index (κ1) is 22.6. The van der Waals surface area contributed by atoms with Crippen LogP contribution in [-0.2, 0) is 22.6 Å². The van der Waals surface area contributed by atoms with Gasteiger partial charge in [-0.05, 0) is 48.4 Å². The van der Waals surface area contributed by atoms with Crippen molar-refractivity contribution in [3.63, 3.8) is 0 Å². The zero-order chi connectivity index (χ0) is 21.1. The van der Waals surface area contributed by atoms with Gasteiger partial charge in [0.2, 0.25) is 11.8 Å². The van der Waals surface area contributed by atoms with Crippen LogP contribution >= 0.6 is 12.4 Å². The van der Waals surface area contributed by atoms with Crippen LogP contribution in [0.2, 0.25) is 0 Å². The fourth-order valence-corrected chi connectivity index (χ4v) is 3.88. The molecule has 1 heterocycles. The molecular weight excluding hydrogens is 414 g/mol. The average Bonchev–Trinajstić information content (AvgIpc) is 3.60. The molecule has 0 aromatic heterocycles. The van der Waals surface area contributed by atoms with Gasteiger partial charge in [-0.1, -0.05) is 36.4 Å². The topological polar surface area (TPSA) is 111 Å². The average molecular weight is 442 g/mol. The highest BCUT2D eigenvalue weighted by Gasteiger charge is 2.36. The second kappa shape index (κ2) is 9.83. The smallest absolute Gasteiger partial charge is 0.243 e. The van der Waals surface area contributed by atoms with Crippen LogP contribution in [0.1, 0.15) is 29.5 Å². The van der Waals surface area contributed by atoms with Crippen molar-refractivity contribution in [2.24, 2.45) is 11.7 Å². The predicted octanol–water partition coefficient (Wildman–Crippen LogP) is 2.28. The fraction of sp³-hybridized carbons (Fsp3) is 0.348. The van der Waals surface area contributed by atoms with Crippen molar-refractivity contribution in [2.75, 3.05) is 18.4 Å². The number of halogens is 1. The number of hydrogen-bond acceptors (Lipinski definition) is 4. The molecule has 0 saturated heterocycles. The lowest BCUT2D eigenvalue weighted by Gasteiger charge is -2.29. The molecule has 164 valence electrons. The molecule has 2 aromatic carbocycles. The quantitative estimate of drug-likeness (QED) is 0.390. The number of hydrogen-bond donors (Lipinski definition) is 4. The third-order valence-electron chi connectivity index (χ3n) is 5.77. The lowest BCUT2D eigenvalue weighted by molar-refractivity contribution is -0.133. The molecule has 4 rings (SSSR count). The predicted molar refractivity (Wildman–Crippen MR) is 123 cm³/mol. The highest BCUT2D eigenvalue weighted by Crippen LogP contribution is 2.34. The summed E-state index contributed by atoms with van der Waals surface area (Å²) in [4.78, 5) is 27.3. The van der Waals surface area contributed by atoms with Crippen LogP contribution in [-0.4, -0.2) is 41.7 Å². The number of nitrogens with one attached hydrogen (secondary N) is 3. The summed E-state index contributed by atoms with van der Waals surface area (Å²) in [6.07, 6.45) is 2.80. The van der Waals surface area contributed by atoms with Crippen LogP contribution < -0.4 is 16.4 Å². The third kappa shape index (κ3) is 5.55. The van der Waals surface area contributed by atoms with Crippen molar-refractivity contribution in [1.82, 2.24) is 10.2 Å². The summed E-state index contributed by atoms with van der Waals surface area (Å²) >= 11 is 0. The van der Waals surface area contributed by atoms with Gasteiger partial charge in [-0.3, -0.25) is 15.0 Å². The van der Waals surface area contributed by atoms with Crippen molar-refractivity contribution in [3.05, 3.63) is 65.2 Å². The Kier molecular flexibility index (Phi) is 7.17. The van der Waals surface area contributed by atoms with Crippen LogP contribution in [0.15, 0.2) is 48.5 Å². The third-order valence-corrected chi connectivity index (χ3v) is 5.77. The molecule has 1 aliphatic heterocycles. The Morgan fingerprint density at radius 3 is 2.58 bits per heavy atom. The largest absolute Gasteiger partial charge is 0.384 e. The van der Waals surface area contributed by atoms with Crippen LogP contribution in [0.3, 0.4) is 0 Å². The van der Waals surface area contributed by atoms with E-state index >= 15 is 0 Å². The summed E-state index contributed by atoms with van der Waals surface area (Å²) in [7, 11) is 0. The van der Waals surface area contributed by atoms with Crippen LogP contribution in [0.25, 0.3) is 0 Å².